The van der Waals surface area contributed by atoms with Gasteiger partial charge in [0.25, 0.3) is 0 Å². The van der Waals surface area contributed by atoms with Gasteiger partial charge in [-0.2, -0.15) is 0 Å². The molecular weight excluding hydrogens is 454 g/mol. The molecule has 0 saturated carbocycles. The lowest BCUT2D eigenvalue weighted by atomic mass is 10.1. The third kappa shape index (κ3) is 12.7. The Morgan fingerprint density at radius 2 is 1.21 bits per heavy atom. The minimum absolute atomic E-state index is 0.0905. The Kier molecular flexibility index (Phi) is 14.7. The van der Waals surface area contributed by atoms with Gasteiger partial charge in [0, 0.05) is 12.8 Å². The van der Waals surface area contributed by atoms with Gasteiger partial charge in [0.1, 0.15) is 18.1 Å². The van der Waals surface area contributed by atoms with E-state index in [0.717, 1.165) is 0 Å². The SMILES string of the molecule is NCCCCC(NC(=O)C(CCC(N)=O)NC(=O)C(CO)NC(=O)C(N)CCC(N)=O)C(=O)O. The Hall–Kier alpha value is -3.30. The molecule has 15 heteroatoms. The maximum absolute atomic E-state index is 12.6. The topological polar surface area (TPSA) is 283 Å². The second-order valence-electron chi connectivity index (χ2n) is 7.61. The molecule has 0 aliphatic carbocycles. The normalized spacial score (nSPS) is 14.2. The van der Waals surface area contributed by atoms with Crippen molar-refractivity contribution in [2.75, 3.05) is 13.2 Å². The number of aliphatic hydroxyl groups excluding tert-OH is 1. The first-order valence-electron chi connectivity index (χ1n) is 10.7. The molecule has 0 aliphatic heterocycles. The number of aliphatic carboxylic acids is 1. The Balaban J connectivity index is 5.27. The van der Waals surface area contributed by atoms with E-state index in [1.165, 1.54) is 0 Å². The van der Waals surface area contributed by atoms with Crippen LogP contribution in [0.3, 0.4) is 0 Å². The van der Waals surface area contributed by atoms with Gasteiger partial charge in [0.2, 0.25) is 29.5 Å². The van der Waals surface area contributed by atoms with Crippen LogP contribution >= 0.6 is 0 Å². The average molecular weight is 490 g/mol. The molecule has 0 aromatic carbocycles. The zero-order valence-corrected chi connectivity index (χ0v) is 18.8. The standard InChI is InChI=1S/C19H35N7O8/c20-8-2-1-3-12(19(33)34)25-17(31)11(5-7-15(23)29)24-18(32)13(9-27)26-16(30)10(21)4-6-14(22)28/h10-13,27H,1-9,20-21H2,(H2,22,28)(H2,23,29)(H,24,32)(H,25,31)(H,26,30)(H,33,34). The molecule has 0 bridgehead atoms. The molecule has 0 rings (SSSR count). The van der Waals surface area contributed by atoms with E-state index < -0.39 is 66.3 Å². The van der Waals surface area contributed by atoms with Crippen LogP contribution in [0.15, 0.2) is 0 Å². The van der Waals surface area contributed by atoms with E-state index in [0.29, 0.717) is 19.4 Å². The number of unbranched alkanes of at least 4 members (excludes halogenated alkanes) is 1. The van der Waals surface area contributed by atoms with Crippen LogP contribution in [-0.4, -0.2) is 83.0 Å². The number of nitrogens with two attached hydrogens (primary N) is 4. The third-order valence-corrected chi connectivity index (χ3v) is 4.73. The van der Waals surface area contributed by atoms with E-state index in [1.54, 1.807) is 0 Å². The van der Waals surface area contributed by atoms with Crippen LogP contribution in [0.1, 0.15) is 44.9 Å². The van der Waals surface area contributed by atoms with Gasteiger partial charge in [-0.25, -0.2) is 4.79 Å². The van der Waals surface area contributed by atoms with Crippen molar-refractivity contribution in [1.29, 1.82) is 0 Å². The van der Waals surface area contributed by atoms with Crippen LogP contribution in [0.25, 0.3) is 0 Å². The minimum atomic E-state index is -1.52. The van der Waals surface area contributed by atoms with Crippen molar-refractivity contribution in [1.82, 2.24) is 16.0 Å². The molecule has 0 fully saturated rings. The van der Waals surface area contributed by atoms with Crippen molar-refractivity contribution < 1.29 is 39.0 Å². The number of rotatable bonds is 18. The van der Waals surface area contributed by atoms with Crippen molar-refractivity contribution in [2.24, 2.45) is 22.9 Å². The summed E-state index contributed by atoms with van der Waals surface area (Å²) < 4.78 is 0. The number of carboxylic acid groups (broad SMARTS) is 1. The highest BCUT2D eigenvalue weighted by Crippen LogP contribution is 2.05. The summed E-state index contributed by atoms with van der Waals surface area (Å²) in [6.07, 6.45) is 0.236. The van der Waals surface area contributed by atoms with Gasteiger partial charge in [-0.1, -0.05) is 0 Å². The highest BCUT2D eigenvalue weighted by Gasteiger charge is 2.30. The molecule has 0 aromatic heterocycles. The van der Waals surface area contributed by atoms with Crippen molar-refractivity contribution in [3.05, 3.63) is 0 Å². The first-order valence-corrected chi connectivity index (χ1v) is 10.7. The monoisotopic (exact) mass is 489 g/mol. The predicted octanol–water partition coefficient (Wildman–Crippen LogP) is -4.50. The second-order valence-corrected chi connectivity index (χ2v) is 7.61. The molecule has 13 N–H and O–H groups in total. The molecule has 0 radical (unpaired) electrons. The first-order chi connectivity index (χ1) is 15.9. The lowest BCUT2D eigenvalue weighted by Gasteiger charge is -2.24. The van der Waals surface area contributed by atoms with Crippen LogP contribution in [0.5, 0.6) is 0 Å². The molecule has 34 heavy (non-hydrogen) atoms. The molecule has 0 spiro atoms. The maximum atomic E-state index is 12.6. The molecule has 5 amide bonds. The summed E-state index contributed by atoms with van der Waals surface area (Å²) >= 11 is 0. The maximum Gasteiger partial charge on any atom is 0.326 e. The van der Waals surface area contributed by atoms with Gasteiger partial charge < -0.3 is 49.1 Å². The average Bonchev–Trinajstić information content (AvgIpc) is 2.76. The Morgan fingerprint density at radius 3 is 1.71 bits per heavy atom. The summed E-state index contributed by atoms with van der Waals surface area (Å²) in [4.78, 5) is 70.8. The zero-order valence-electron chi connectivity index (χ0n) is 18.8. The van der Waals surface area contributed by atoms with E-state index in [9.17, 15) is 39.0 Å². The molecule has 4 unspecified atom stereocenters. The minimum Gasteiger partial charge on any atom is -0.480 e. The van der Waals surface area contributed by atoms with E-state index >= 15 is 0 Å². The molecule has 0 saturated heterocycles. The molecule has 15 nitrogen and oxygen atoms in total. The number of primary amides is 2. The number of carboxylic acids is 1. The molecule has 0 aliphatic rings. The Bertz CT molecular complexity index is 733. The lowest BCUT2D eigenvalue weighted by Crippen LogP contribution is -2.58. The van der Waals surface area contributed by atoms with E-state index in [1.807, 2.05) is 0 Å². The Morgan fingerprint density at radius 1 is 0.706 bits per heavy atom. The Labute approximate surface area is 196 Å². The van der Waals surface area contributed by atoms with Gasteiger partial charge in [0.05, 0.1) is 12.6 Å². The van der Waals surface area contributed by atoms with Crippen LogP contribution < -0.4 is 38.9 Å². The van der Waals surface area contributed by atoms with Crippen molar-refractivity contribution in [2.45, 2.75) is 69.1 Å². The molecule has 0 heterocycles. The fraction of sp³-hybridized carbons (Fsp3) is 0.684. The fourth-order valence-corrected chi connectivity index (χ4v) is 2.75. The van der Waals surface area contributed by atoms with E-state index in [2.05, 4.69) is 16.0 Å². The summed E-state index contributed by atoms with van der Waals surface area (Å²) in [6, 6.07) is -5.35. The lowest BCUT2D eigenvalue weighted by molar-refractivity contribution is -0.142. The number of aliphatic hydroxyl groups is 1. The highest BCUT2D eigenvalue weighted by molar-refractivity contribution is 5.94. The number of hydrogen-bond donors (Lipinski definition) is 9. The van der Waals surface area contributed by atoms with Gasteiger partial charge in [-0.3, -0.25) is 24.0 Å². The zero-order chi connectivity index (χ0) is 26.3. The largest absolute Gasteiger partial charge is 0.480 e. The van der Waals surface area contributed by atoms with Crippen LogP contribution in [0, 0.1) is 0 Å². The van der Waals surface area contributed by atoms with Crippen molar-refractivity contribution >= 4 is 35.5 Å². The summed E-state index contributed by atoms with van der Waals surface area (Å²) in [5.74, 6) is -5.47. The number of nitrogens with one attached hydrogen (secondary N) is 3. The quantitative estimate of drug-likeness (QED) is 0.0831. The highest BCUT2D eigenvalue weighted by atomic mass is 16.4. The third-order valence-electron chi connectivity index (χ3n) is 4.73. The van der Waals surface area contributed by atoms with Crippen molar-refractivity contribution in [3.63, 3.8) is 0 Å². The smallest absolute Gasteiger partial charge is 0.326 e. The summed E-state index contributed by atoms with van der Waals surface area (Å²) in [5.41, 5.74) is 21.1. The second kappa shape index (κ2) is 16.3. The van der Waals surface area contributed by atoms with Crippen LogP contribution in [0.2, 0.25) is 0 Å². The molecule has 0 aromatic rings. The van der Waals surface area contributed by atoms with Crippen molar-refractivity contribution in [3.8, 4) is 0 Å². The van der Waals surface area contributed by atoms with Gasteiger partial charge in [0.15, 0.2) is 0 Å². The van der Waals surface area contributed by atoms with Gasteiger partial charge in [-0.15, -0.1) is 0 Å². The number of carbonyl (C=O) groups is 6. The first kappa shape index (κ1) is 30.7. The van der Waals surface area contributed by atoms with Crippen LogP contribution in [-0.2, 0) is 28.8 Å². The van der Waals surface area contributed by atoms with E-state index in [4.69, 9.17) is 22.9 Å². The summed E-state index contributed by atoms with van der Waals surface area (Å²) in [7, 11) is 0. The number of carbonyl (C=O) groups excluding carboxylic acids is 5. The van der Waals surface area contributed by atoms with E-state index in [-0.39, 0.29) is 32.1 Å². The summed E-state index contributed by atoms with van der Waals surface area (Å²) in [5, 5.41) is 25.6. The van der Waals surface area contributed by atoms with Crippen LogP contribution in [0.4, 0.5) is 0 Å². The molecule has 4 atom stereocenters. The number of amides is 5. The molecule has 194 valence electrons. The van der Waals surface area contributed by atoms with Gasteiger partial charge >= 0.3 is 5.97 Å². The fourth-order valence-electron chi connectivity index (χ4n) is 2.75. The van der Waals surface area contributed by atoms with Gasteiger partial charge in [-0.05, 0) is 38.6 Å². The predicted molar refractivity (Wildman–Crippen MR) is 118 cm³/mol. The summed E-state index contributed by atoms with van der Waals surface area (Å²) in [6.45, 7) is -0.515. The number of hydrogen-bond acceptors (Lipinski definition) is 9. The molecular formula is C19H35N7O8.